The third-order valence-corrected chi connectivity index (χ3v) is 3.49. The van der Waals surface area contributed by atoms with Crippen LogP contribution in [0.5, 0.6) is 0 Å². The highest BCUT2D eigenvalue weighted by atomic mass is 15.0. The summed E-state index contributed by atoms with van der Waals surface area (Å²) < 4.78 is 0. The van der Waals surface area contributed by atoms with Crippen LogP contribution in [0.3, 0.4) is 0 Å². The SMILES string of the molecule is CC(C)(C)c1ccccc1NC(C)(C)c1ccccn1. The zero-order valence-corrected chi connectivity index (χ0v) is 13.1. The molecule has 0 radical (unpaired) electrons. The molecule has 2 heteroatoms. The molecule has 0 aliphatic heterocycles. The second-order valence-corrected chi connectivity index (χ2v) is 6.76. The Kier molecular flexibility index (Phi) is 3.85. The van der Waals surface area contributed by atoms with E-state index in [0.29, 0.717) is 0 Å². The van der Waals surface area contributed by atoms with E-state index in [1.54, 1.807) is 0 Å². The van der Waals surface area contributed by atoms with E-state index < -0.39 is 0 Å². The summed E-state index contributed by atoms with van der Waals surface area (Å²) in [7, 11) is 0. The molecule has 0 aliphatic carbocycles. The van der Waals surface area contributed by atoms with Crippen LogP contribution >= 0.6 is 0 Å². The molecule has 0 bridgehead atoms. The molecule has 0 spiro atoms. The molecular weight excluding hydrogens is 244 g/mol. The lowest BCUT2D eigenvalue weighted by Gasteiger charge is -2.31. The van der Waals surface area contributed by atoms with Crippen molar-refractivity contribution in [2.75, 3.05) is 5.32 Å². The lowest BCUT2D eigenvalue weighted by Crippen LogP contribution is -2.30. The van der Waals surface area contributed by atoms with Gasteiger partial charge in [0.1, 0.15) is 0 Å². The zero-order valence-electron chi connectivity index (χ0n) is 13.1. The Labute approximate surface area is 122 Å². The predicted molar refractivity (Wildman–Crippen MR) is 86.0 cm³/mol. The maximum atomic E-state index is 4.48. The van der Waals surface area contributed by atoms with Gasteiger partial charge >= 0.3 is 0 Å². The van der Waals surface area contributed by atoms with E-state index in [4.69, 9.17) is 0 Å². The molecule has 1 aromatic heterocycles. The lowest BCUT2D eigenvalue weighted by atomic mass is 9.85. The van der Waals surface area contributed by atoms with Gasteiger partial charge in [-0.2, -0.15) is 0 Å². The first-order valence-corrected chi connectivity index (χ1v) is 7.10. The molecule has 0 saturated carbocycles. The van der Waals surface area contributed by atoms with E-state index >= 15 is 0 Å². The number of hydrogen-bond acceptors (Lipinski definition) is 2. The molecule has 1 N–H and O–H groups in total. The Morgan fingerprint density at radius 2 is 1.50 bits per heavy atom. The largest absolute Gasteiger partial charge is 0.374 e. The van der Waals surface area contributed by atoms with Gasteiger partial charge in [0.2, 0.25) is 0 Å². The fraction of sp³-hybridized carbons (Fsp3) is 0.389. The van der Waals surface area contributed by atoms with Crippen LogP contribution in [-0.4, -0.2) is 4.98 Å². The molecule has 0 fully saturated rings. The van der Waals surface area contributed by atoms with Gasteiger partial charge in [0.05, 0.1) is 11.2 Å². The van der Waals surface area contributed by atoms with Gasteiger partial charge in [-0.05, 0) is 43.0 Å². The number of aromatic nitrogens is 1. The molecule has 0 aliphatic rings. The van der Waals surface area contributed by atoms with Gasteiger partial charge in [-0.25, -0.2) is 0 Å². The third kappa shape index (κ3) is 3.19. The third-order valence-electron chi connectivity index (χ3n) is 3.49. The molecule has 0 unspecified atom stereocenters. The predicted octanol–water partition coefficient (Wildman–Crippen LogP) is 4.73. The van der Waals surface area contributed by atoms with E-state index in [1.807, 2.05) is 18.3 Å². The Balaban J connectivity index is 2.35. The molecule has 106 valence electrons. The summed E-state index contributed by atoms with van der Waals surface area (Å²) >= 11 is 0. The number of anilines is 1. The second-order valence-electron chi connectivity index (χ2n) is 6.76. The quantitative estimate of drug-likeness (QED) is 0.870. The summed E-state index contributed by atoms with van der Waals surface area (Å²) in [4.78, 5) is 4.48. The second kappa shape index (κ2) is 5.28. The first-order chi connectivity index (χ1) is 9.31. The van der Waals surface area contributed by atoms with E-state index in [0.717, 1.165) is 5.69 Å². The van der Waals surface area contributed by atoms with E-state index in [1.165, 1.54) is 11.3 Å². The van der Waals surface area contributed by atoms with Gasteiger partial charge in [0.15, 0.2) is 0 Å². The van der Waals surface area contributed by atoms with Crippen LogP contribution in [0.1, 0.15) is 45.9 Å². The fourth-order valence-electron chi connectivity index (χ4n) is 2.38. The standard InChI is InChI=1S/C18H24N2/c1-17(2,3)14-10-6-7-11-15(14)20-18(4,5)16-12-8-9-13-19-16/h6-13,20H,1-5H3. The van der Waals surface area contributed by atoms with Crippen molar-refractivity contribution in [1.29, 1.82) is 0 Å². The lowest BCUT2D eigenvalue weighted by molar-refractivity contribution is 0.566. The van der Waals surface area contributed by atoms with E-state index in [9.17, 15) is 0 Å². The van der Waals surface area contributed by atoms with Crippen LogP contribution in [0.25, 0.3) is 0 Å². The van der Waals surface area contributed by atoms with Crippen molar-refractivity contribution < 1.29 is 0 Å². The summed E-state index contributed by atoms with van der Waals surface area (Å²) in [5.74, 6) is 0. The first kappa shape index (κ1) is 14.6. The Bertz CT molecular complexity index is 565. The Hall–Kier alpha value is -1.83. The summed E-state index contributed by atoms with van der Waals surface area (Å²) in [6, 6.07) is 14.5. The van der Waals surface area contributed by atoms with Crippen molar-refractivity contribution in [3.05, 3.63) is 59.9 Å². The number of nitrogens with zero attached hydrogens (tertiary/aromatic N) is 1. The molecule has 0 saturated heterocycles. The van der Waals surface area contributed by atoms with Gasteiger partial charge < -0.3 is 5.32 Å². The van der Waals surface area contributed by atoms with Crippen LogP contribution in [-0.2, 0) is 11.0 Å². The van der Waals surface area contributed by atoms with Gasteiger partial charge in [0, 0.05) is 11.9 Å². The molecule has 2 rings (SSSR count). The van der Waals surface area contributed by atoms with Crippen molar-refractivity contribution in [2.24, 2.45) is 0 Å². The van der Waals surface area contributed by atoms with Gasteiger partial charge in [-0.15, -0.1) is 0 Å². The van der Waals surface area contributed by atoms with Crippen LogP contribution in [0.4, 0.5) is 5.69 Å². The highest BCUT2D eigenvalue weighted by molar-refractivity contribution is 5.56. The van der Waals surface area contributed by atoms with Crippen molar-refractivity contribution in [1.82, 2.24) is 4.98 Å². The van der Waals surface area contributed by atoms with Gasteiger partial charge in [0.25, 0.3) is 0 Å². The average Bonchev–Trinajstić information content (AvgIpc) is 2.39. The molecule has 1 aromatic carbocycles. The first-order valence-electron chi connectivity index (χ1n) is 7.10. The van der Waals surface area contributed by atoms with Crippen LogP contribution in [0.15, 0.2) is 48.7 Å². The van der Waals surface area contributed by atoms with Crippen molar-refractivity contribution in [3.63, 3.8) is 0 Å². The number of para-hydroxylation sites is 1. The highest BCUT2D eigenvalue weighted by Gasteiger charge is 2.25. The molecule has 2 nitrogen and oxygen atoms in total. The number of rotatable bonds is 3. The topological polar surface area (TPSA) is 24.9 Å². The molecule has 2 aromatic rings. The van der Waals surface area contributed by atoms with Crippen LogP contribution in [0.2, 0.25) is 0 Å². The normalized spacial score (nSPS) is 12.2. The maximum Gasteiger partial charge on any atom is 0.0739 e. The molecule has 0 amide bonds. The number of hydrogen-bond donors (Lipinski definition) is 1. The fourth-order valence-corrected chi connectivity index (χ4v) is 2.38. The minimum atomic E-state index is -0.206. The molecular formula is C18H24N2. The highest BCUT2D eigenvalue weighted by Crippen LogP contribution is 2.33. The van der Waals surface area contributed by atoms with E-state index in [2.05, 4.69) is 75.3 Å². The van der Waals surface area contributed by atoms with Gasteiger partial charge in [-0.3, -0.25) is 4.98 Å². The summed E-state index contributed by atoms with van der Waals surface area (Å²) in [5, 5.41) is 3.65. The summed E-state index contributed by atoms with van der Waals surface area (Å²) in [6.45, 7) is 11.0. The molecule has 20 heavy (non-hydrogen) atoms. The van der Waals surface area contributed by atoms with Crippen LogP contribution < -0.4 is 5.32 Å². The summed E-state index contributed by atoms with van der Waals surface area (Å²) in [6.07, 6.45) is 1.84. The minimum Gasteiger partial charge on any atom is -0.374 e. The average molecular weight is 268 g/mol. The zero-order chi connectivity index (χ0) is 14.8. The molecule has 0 atom stereocenters. The van der Waals surface area contributed by atoms with Crippen LogP contribution in [0, 0.1) is 0 Å². The summed E-state index contributed by atoms with van der Waals surface area (Å²) in [5.41, 5.74) is 3.45. The number of nitrogens with one attached hydrogen (secondary N) is 1. The molecule has 1 heterocycles. The van der Waals surface area contributed by atoms with Crippen molar-refractivity contribution in [3.8, 4) is 0 Å². The van der Waals surface area contributed by atoms with E-state index in [-0.39, 0.29) is 11.0 Å². The minimum absolute atomic E-state index is 0.115. The van der Waals surface area contributed by atoms with Crippen molar-refractivity contribution >= 4 is 5.69 Å². The van der Waals surface area contributed by atoms with Crippen molar-refractivity contribution in [2.45, 2.75) is 45.6 Å². The number of pyridine rings is 1. The Morgan fingerprint density at radius 1 is 0.850 bits per heavy atom. The maximum absolute atomic E-state index is 4.48. The smallest absolute Gasteiger partial charge is 0.0739 e. The van der Waals surface area contributed by atoms with Gasteiger partial charge in [-0.1, -0.05) is 45.0 Å². The monoisotopic (exact) mass is 268 g/mol. The number of benzene rings is 1. The Morgan fingerprint density at radius 3 is 2.10 bits per heavy atom.